The van der Waals surface area contributed by atoms with Crippen LogP contribution in [0.5, 0.6) is 0 Å². The molecular formula is C16H22BrNO5S2. The molecule has 3 heterocycles. The quantitative estimate of drug-likeness (QED) is 0.694. The van der Waals surface area contributed by atoms with E-state index >= 15 is 0 Å². The van der Waals surface area contributed by atoms with E-state index in [0.29, 0.717) is 24.3 Å². The van der Waals surface area contributed by atoms with Gasteiger partial charge in [-0.1, -0.05) is 6.42 Å². The molecule has 6 nitrogen and oxygen atoms in total. The van der Waals surface area contributed by atoms with Crippen molar-refractivity contribution < 1.29 is 22.8 Å². The fraction of sp³-hybridized carbons (Fsp3) is 0.688. The standard InChI is InChI=1S/C16H22BrNO5S2/c17-13-7-6-12(24-13)16(8-2-4-10-25(16,20)21)11-14(19)18-23-15-5-1-3-9-22-15/h6-7,15H,1-5,8-11H2,(H,18,19)/t15?,16-/m0/s1. The zero-order valence-corrected chi connectivity index (χ0v) is 17.1. The van der Waals surface area contributed by atoms with Crippen molar-refractivity contribution in [3.63, 3.8) is 0 Å². The number of thiophene rings is 1. The molecule has 0 spiro atoms. The van der Waals surface area contributed by atoms with Crippen LogP contribution >= 0.6 is 27.3 Å². The summed E-state index contributed by atoms with van der Waals surface area (Å²) in [4.78, 5) is 18.5. The molecule has 9 heteroatoms. The Hall–Kier alpha value is -0.480. The molecule has 2 atom stereocenters. The molecule has 0 bridgehead atoms. The third kappa shape index (κ3) is 4.27. The molecule has 25 heavy (non-hydrogen) atoms. The number of rotatable bonds is 5. The van der Waals surface area contributed by atoms with Gasteiger partial charge in [0.1, 0.15) is 4.75 Å². The summed E-state index contributed by atoms with van der Waals surface area (Å²) >= 11 is 4.77. The van der Waals surface area contributed by atoms with E-state index in [1.807, 2.05) is 6.07 Å². The average molecular weight is 452 g/mol. The van der Waals surface area contributed by atoms with E-state index in [1.54, 1.807) is 6.07 Å². The Balaban J connectivity index is 1.75. The van der Waals surface area contributed by atoms with Gasteiger partial charge in [0.15, 0.2) is 16.1 Å². The number of halogens is 1. The van der Waals surface area contributed by atoms with E-state index in [-0.39, 0.29) is 12.2 Å². The van der Waals surface area contributed by atoms with Crippen LogP contribution in [-0.2, 0) is 29.0 Å². The van der Waals surface area contributed by atoms with Gasteiger partial charge in [0.25, 0.3) is 0 Å². The molecule has 1 unspecified atom stereocenters. The number of amides is 1. The molecule has 3 rings (SSSR count). The normalized spacial score (nSPS) is 29.2. The summed E-state index contributed by atoms with van der Waals surface area (Å²) in [6, 6.07) is 3.63. The van der Waals surface area contributed by atoms with E-state index in [2.05, 4.69) is 21.4 Å². The molecule has 2 aliphatic rings. The second-order valence-corrected chi connectivity index (χ2v) is 11.4. The smallest absolute Gasteiger partial charge is 0.245 e. The Morgan fingerprint density at radius 2 is 2.20 bits per heavy atom. The lowest BCUT2D eigenvalue weighted by molar-refractivity contribution is -0.200. The fourth-order valence-electron chi connectivity index (χ4n) is 3.41. The van der Waals surface area contributed by atoms with Crippen molar-refractivity contribution in [1.82, 2.24) is 5.48 Å². The molecule has 1 aromatic rings. The Labute approximate surface area is 160 Å². The second kappa shape index (κ2) is 8.04. The maximum atomic E-state index is 12.9. The lowest BCUT2D eigenvalue weighted by Gasteiger charge is -2.35. The summed E-state index contributed by atoms with van der Waals surface area (Å²) < 4.78 is 30.9. The molecule has 2 saturated heterocycles. The minimum atomic E-state index is -3.42. The summed E-state index contributed by atoms with van der Waals surface area (Å²) in [7, 11) is -3.42. The van der Waals surface area contributed by atoms with Crippen LogP contribution < -0.4 is 5.48 Å². The number of hydrogen-bond donors (Lipinski definition) is 1. The molecule has 140 valence electrons. The van der Waals surface area contributed by atoms with Crippen molar-refractivity contribution in [2.75, 3.05) is 12.4 Å². The summed E-state index contributed by atoms with van der Waals surface area (Å²) in [5, 5.41) is 0. The first-order valence-electron chi connectivity index (χ1n) is 8.47. The van der Waals surface area contributed by atoms with Gasteiger partial charge in [-0.2, -0.15) is 0 Å². The van der Waals surface area contributed by atoms with Gasteiger partial charge in [-0.15, -0.1) is 11.3 Å². The molecule has 0 saturated carbocycles. The topological polar surface area (TPSA) is 81.7 Å². The van der Waals surface area contributed by atoms with Crippen molar-refractivity contribution in [1.29, 1.82) is 0 Å². The summed E-state index contributed by atoms with van der Waals surface area (Å²) in [6.07, 6.45) is 4.00. The third-order valence-electron chi connectivity index (χ3n) is 4.75. The van der Waals surface area contributed by atoms with E-state index in [4.69, 9.17) is 9.57 Å². The van der Waals surface area contributed by atoms with Crippen molar-refractivity contribution >= 4 is 43.0 Å². The van der Waals surface area contributed by atoms with Gasteiger partial charge in [0, 0.05) is 17.9 Å². The van der Waals surface area contributed by atoms with Crippen LogP contribution in [0.15, 0.2) is 15.9 Å². The summed E-state index contributed by atoms with van der Waals surface area (Å²) in [6.45, 7) is 0.613. The van der Waals surface area contributed by atoms with Crippen LogP contribution in [0.4, 0.5) is 0 Å². The number of sulfone groups is 1. The Bertz CT molecular complexity index is 714. The van der Waals surface area contributed by atoms with Gasteiger partial charge in [-0.25, -0.2) is 18.7 Å². The highest BCUT2D eigenvalue weighted by atomic mass is 79.9. The number of ether oxygens (including phenoxy) is 1. The molecule has 1 aromatic heterocycles. The first-order valence-corrected chi connectivity index (χ1v) is 11.7. The Morgan fingerprint density at radius 1 is 1.36 bits per heavy atom. The predicted octanol–water partition coefficient (Wildman–Crippen LogP) is 3.27. The van der Waals surface area contributed by atoms with E-state index in [0.717, 1.165) is 29.5 Å². The molecule has 1 amide bonds. The van der Waals surface area contributed by atoms with Crippen LogP contribution in [0.3, 0.4) is 0 Å². The van der Waals surface area contributed by atoms with Gasteiger partial charge < -0.3 is 4.74 Å². The highest BCUT2D eigenvalue weighted by Gasteiger charge is 2.49. The van der Waals surface area contributed by atoms with Gasteiger partial charge >= 0.3 is 0 Å². The SMILES string of the molecule is O=C(C[C@]1(c2ccc(Br)s2)CCCCS1(=O)=O)NOC1CCCCO1. The van der Waals surface area contributed by atoms with E-state index < -0.39 is 26.8 Å². The summed E-state index contributed by atoms with van der Waals surface area (Å²) in [5.74, 6) is -0.313. The fourth-order valence-corrected chi connectivity index (χ4v) is 7.57. The first kappa shape index (κ1) is 19.3. The molecular weight excluding hydrogens is 430 g/mol. The van der Waals surface area contributed by atoms with Crippen molar-refractivity contribution in [2.24, 2.45) is 0 Å². The van der Waals surface area contributed by atoms with Crippen molar-refractivity contribution in [3.05, 3.63) is 20.8 Å². The monoisotopic (exact) mass is 451 g/mol. The first-order chi connectivity index (χ1) is 11.9. The maximum absolute atomic E-state index is 12.9. The molecule has 0 radical (unpaired) electrons. The Kier molecular flexibility index (Phi) is 6.20. The largest absolute Gasteiger partial charge is 0.350 e. The van der Waals surface area contributed by atoms with E-state index in [9.17, 15) is 13.2 Å². The van der Waals surface area contributed by atoms with Crippen molar-refractivity contribution in [2.45, 2.75) is 56.0 Å². The van der Waals surface area contributed by atoms with Gasteiger partial charge in [-0.3, -0.25) is 4.79 Å². The lowest BCUT2D eigenvalue weighted by atomic mass is 9.94. The maximum Gasteiger partial charge on any atom is 0.245 e. The lowest BCUT2D eigenvalue weighted by Crippen LogP contribution is -2.45. The minimum absolute atomic E-state index is 0.113. The van der Waals surface area contributed by atoms with Crippen LogP contribution in [-0.4, -0.2) is 33.0 Å². The van der Waals surface area contributed by atoms with E-state index in [1.165, 1.54) is 11.3 Å². The van der Waals surface area contributed by atoms with Gasteiger partial charge in [0.05, 0.1) is 16.0 Å². The van der Waals surface area contributed by atoms with Crippen molar-refractivity contribution in [3.8, 4) is 0 Å². The van der Waals surface area contributed by atoms with Crippen LogP contribution in [0.1, 0.15) is 49.8 Å². The third-order valence-corrected chi connectivity index (χ3v) is 9.29. The number of carbonyl (C=O) groups excluding carboxylic acids is 1. The van der Waals surface area contributed by atoms with Crippen LogP contribution in [0.25, 0.3) is 0 Å². The molecule has 2 aliphatic heterocycles. The molecule has 1 N–H and O–H groups in total. The zero-order valence-electron chi connectivity index (χ0n) is 13.8. The van der Waals surface area contributed by atoms with Gasteiger partial charge in [-0.05, 0) is 53.7 Å². The van der Waals surface area contributed by atoms with Gasteiger partial charge in [0.2, 0.25) is 5.91 Å². The Morgan fingerprint density at radius 3 is 2.84 bits per heavy atom. The van der Waals surface area contributed by atoms with Crippen LogP contribution in [0, 0.1) is 0 Å². The molecule has 2 fully saturated rings. The average Bonchev–Trinajstić information content (AvgIpc) is 3.03. The summed E-state index contributed by atoms with van der Waals surface area (Å²) in [5.41, 5.74) is 2.40. The second-order valence-electron chi connectivity index (χ2n) is 6.49. The van der Waals surface area contributed by atoms with Crippen LogP contribution in [0.2, 0.25) is 0 Å². The number of nitrogens with one attached hydrogen (secondary N) is 1. The minimum Gasteiger partial charge on any atom is -0.350 e. The molecule has 0 aromatic carbocycles. The number of hydrogen-bond acceptors (Lipinski definition) is 6. The molecule has 0 aliphatic carbocycles. The highest BCUT2D eigenvalue weighted by molar-refractivity contribution is 9.11. The number of hydroxylamine groups is 1. The zero-order chi connectivity index (χ0) is 17.9. The highest BCUT2D eigenvalue weighted by Crippen LogP contribution is 2.46. The predicted molar refractivity (Wildman–Crippen MR) is 98.8 cm³/mol. The number of carbonyl (C=O) groups is 1.